The van der Waals surface area contributed by atoms with Crippen molar-refractivity contribution in [2.24, 2.45) is 0 Å². The fourth-order valence-corrected chi connectivity index (χ4v) is 4.94. The Balaban J connectivity index is 1.63. The molecular formula is C21H21N5O2S. The van der Waals surface area contributed by atoms with E-state index in [1.807, 2.05) is 19.9 Å². The maximum Gasteiger partial charge on any atom is 0.249 e. The molecule has 5 rings (SSSR count). The Labute approximate surface area is 172 Å². The molecule has 0 radical (unpaired) electrons. The van der Waals surface area contributed by atoms with Crippen LogP contribution in [0, 0.1) is 13.8 Å². The number of ether oxygens (including phenoxy) is 1. The predicted octanol–water partition coefficient (Wildman–Crippen LogP) is 4.32. The van der Waals surface area contributed by atoms with Crippen molar-refractivity contribution in [2.75, 3.05) is 18.6 Å². The molecule has 3 aromatic heterocycles. The number of hydrogen-bond acceptors (Lipinski definition) is 8. The van der Waals surface area contributed by atoms with Gasteiger partial charge in [-0.15, -0.1) is 11.3 Å². The molecule has 1 saturated heterocycles. The molecule has 7 nitrogen and oxygen atoms in total. The molecule has 29 heavy (non-hydrogen) atoms. The van der Waals surface area contributed by atoms with Crippen molar-refractivity contribution in [1.29, 1.82) is 0 Å². The minimum Gasteiger partial charge on any atom is -0.380 e. The van der Waals surface area contributed by atoms with Gasteiger partial charge in [0.1, 0.15) is 22.5 Å². The summed E-state index contributed by atoms with van der Waals surface area (Å²) in [5.41, 5.74) is 1.18. The van der Waals surface area contributed by atoms with E-state index in [0.717, 1.165) is 28.3 Å². The van der Waals surface area contributed by atoms with Gasteiger partial charge in [-0.25, -0.2) is 9.97 Å². The molecule has 1 aliphatic heterocycles. The number of thiophene rings is 1. The fourth-order valence-electron chi connectivity index (χ4n) is 3.86. The topological polar surface area (TPSA) is 77.2 Å². The molecule has 1 fully saturated rings. The number of aryl methyl sites for hydroxylation is 2. The molecule has 1 aliphatic rings. The van der Waals surface area contributed by atoms with Crippen molar-refractivity contribution < 1.29 is 9.26 Å². The maximum atomic E-state index is 5.67. The SMILES string of the molecule is COC1CC(c2nc(C)no2)N(c2nc(C)nc3sc(-c4ccccc4)cc23)C1. The summed E-state index contributed by atoms with van der Waals surface area (Å²) in [5.74, 6) is 2.87. The highest BCUT2D eigenvalue weighted by Gasteiger charge is 2.38. The van der Waals surface area contributed by atoms with Crippen LogP contribution in [0.3, 0.4) is 0 Å². The molecule has 4 aromatic rings. The number of nitrogens with zero attached hydrogens (tertiary/aromatic N) is 5. The first-order valence-electron chi connectivity index (χ1n) is 9.55. The molecule has 0 amide bonds. The van der Waals surface area contributed by atoms with Gasteiger partial charge in [-0.3, -0.25) is 0 Å². The third kappa shape index (κ3) is 3.28. The number of methoxy groups -OCH3 is 1. The van der Waals surface area contributed by atoms with Gasteiger partial charge in [-0.2, -0.15) is 4.98 Å². The van der Waals surface area contributed by atoms with Crippen LogP contribution in [0.25, 0.3) is 20.7 Å². The lowest BCUT2D eigenvalue weighted by Crippen LogP contribution is -2.26. The first-order valence-corrected chi connectivity index (χ1v) is 10.4. The van der Waals surface area contributed by atoms with E-state index in [4.69, 9.17) is 19.2 Å². The van der Waals surface area contributed by atoms with Crippen molar-refractivity contribution >= 4 is 27.4 Å². The van der Waals surface area contributed by atoms with Gasteiger partial charge in [-0.05, 0) is 25.5 Å². The molecule has 0 N–H and O–H groups in total. The molecule has 148 valence electrons. The molecule has 2 unspecified atom stereocenters. The number of anilines is 1. The highest BCUT2D eigenvalue weighted by Crippen LogP contribution is 2.42. The van der Waals surface area contributed by atoms with Crippen LogP contribution in [0.5, 0.6) is 0 Å². The van der Waals surface area contributed by atoms with Crippen LogP contribution in [0.1, 0.15) is 30.0 Å². The average molecular weight is 407 g/mol. The summed E-state index contributed by atoms with van der Waals surface area (Å²) in [7, 11) is 1.74. The van der Waals surface area contributed by atoms with Gasteiger partial charge in [0, 0.05) is 25.0 Å². The number of aromatic nitrogens is 4. The summed E-state index contributed by atoms with van der Waals surface area (Å²) in [6.07, 6.45) is 0.850. The van der Waals surface area contributed by atoms with E-state index in [-0.39, 0.29) is 12.1 Å². The Hall–Kier alpha value is -2.84. The molecule has 2 atom stereocenters. The van der Waals surface area contributed by atoms with Gasteiger partial charge in [0.05, 0.1) is 11.5 Å². The summed E-state index contributed by atoms with van der Waals surface area (Å²) < 4.78 is 11.2. The van der Waals surface area contributed by atoms with Crippen LogP contribution >= 0.6 is 11.3 Å². The largest absolute Gasteiger partial charge is 0.380 e. The summed E-state index contributed by atoms with van der Waals surface area (Å²) in [5, 5.41) is 5.02. The monoisotopic (exact) mass is 407 g/mol. The molecule has 4 heterocycles. The van der Waals surface area contributed by atoms with Gasteiger partial charge >= 0.3 is 0 Å². The molecule has 8 heteroatoms. The number of benzene rings is 1. The van der Waals surface area contributed by atoms with Gasteiger partial charge in [0.25, 0.3) is 0 Å². The second kappa shape index (κ2) is 7.20. The lowest BCUT2D eigenvalue weighted by Gasteiger charge is -2.23. The van der Waals surface area contributed by atoms with Crippen LogP contribution in [-0.4, -0.2) is 39.9 Å². The van der Waals surface area contributed by atoms with Crippen LogP contribution in [0.15, 0.2) is 40.9 Å². The zero-order chi connectivity index (χ0) is 20.0. The molecule has 0 aliphatic carbocycles. The third-order valence-electron chi connectivity index (χ3n) is 5.24. The summed E-state index contributed by atoms with van der Waals surface area (Å²) in [4.78, 5) is 18.4. The minimum absolute atomic E-state index is 0.0706. The highest BCUT2D eigenvalue weighted by molar-refractivity contribution is 7.21. The zero-order valence-electron chi connectivity index (χ0n) is 16.5. The third-order valence-corrected chi connectivity index (χ3v) is 6.32. The normalized spacial score (nSPS) is 19.3. The van der Waals surface area contributed by atoms with Crippen LogP contribution in [0.2, 0.25) is 0 Å². The van der Waals surface area contributed by atoms with E-state index in [1.54, 1.807) is 18.4 Å². The maximum absolute atomic E-state index is 5.67. The number of hydrogen-bond donors (Lipinski definition) is 0. The second-order valence-corrected chi connectivity index (χ2v) is 8.26. The fraction of sp³-hybridized carbons (Fsp3) is 0.333. The molecule has 1 aromatic carbocycles. The van der Waals surface area contributed by atoms with E-state index in [1.165, 1.54) is 10.4 Å². The number of fused-ring (bicyclic) bond motifs is 1. The summed E-state index contributed by atoms with van der Waals surface area (Å²) >= 11 is 1.68. The van der Waals surface area contributed by atoms with Crippen LogP contribution < -0.4 is 4.90 Å². The van der Waals surface area contributed by atoms with E-state index >= 15 is 0 Å². The smallest absolute Gasteiger partial charge is 0.249 e. The first-order chi connectivity index (χ1) is 14.1. The minimum atomic E-state index is -0.0706. The zero-order valence-corrected chi connectivity index (χ0v) is 17.3. The van der Waals surface area contributed by atoms with Gasteiger partial charge in [-0.1, -0.05) is 35.5 Å². The standard InChI is InChI=1S/C21H21N5O2S/c1-12-22-19(16-10-18(29-21(16)24-12)14-7-5-4-6-8-14)26-11-15(27-3)9-17(26)20-23-13(2)25-28-20/h4-8,10,15,17H,9,11H2,1-3H3. The van der Waals surface area contributed by atoms with Crippen molar-refractivity contribution in [1.82, 2.24) is 20.1 Å². The predicted molar refractivity (Wildman–Crippen MR) is 112 cm³/mol. The van der Waals surface area contributed by atoms with Crippen molar-refractivity contribution in [3.63, 3.8) is 0 Å². The quantitative estimate of drug-likeness (QED) is 0.498. The molecule has 0 saturated carbocycles. The molecular weight excluding hydrogens is 386 g/mol. The molecule has 0 spiro atoms. The molecule has 0 bridgehead atoms. The van der Waals surface area contributed by atoms with E-state index in [9.17, 15) is 0 Å². The van der Waals surface area contributed by atoms with Gasteiger partial charge < -0.3 is 14.2 Å². The van der Waals surface area contributed by atoms with E-state index < -0.39 is 0 Å². The first kappa shape index (κ1) is 18.2. The van der Waals surface area contributed by atoms with Gasteiger partial charge in [0.2, 0.25) is 5.89 Å². The second-order valence-electron chi connectivity index (χ2n) is 7.23. The van der Waals surface area contributed by atoms with E-state index in [2.05, 4.69) is 45.4 Å². The van der Waals surface area contributed by atoms with E-state index in [0.29, 0.717) is 18.3 Å². The Morgan fingerprint density at radius 1 is 1.10 bits per heavy atom. The van der Waals surface area contributed by atoms with Crippen LogP contribution in [0.4, 0.5) is 5.82 Å². The van der Waals surface area contributed by atoms with Crippen LogP contribution in [-0.2, 0) is 4.74 Å². The number of rotatable bonds is 4. The van der Waals surface area contributed by atoms with Gasteiger partial charge in [0.15, 0.2) is 5.82 Å². The Morgan fingerprint density at radius 3 is 2.66 bits per heavy atom. The lowest BCUT2D eigenvalue weighted by atomic mass is 10.1. The van der Waals surface area contributed by atoms with Crippen molar-refractivity contribution in [3.05, 3.63) is 53.9 Å². The Bertz CT molecular complexity index is 1160. The average Bonchev–Trinajstić information content (AvgIpc) is 3.45. The van der Waals surface area contributed by atoms with Crippen molar-refractivity contribution in [2.45, 2.75) is 32.4 Å². The highest BCUT2D eigenvalue weighted by atomic mass is 32.1. The Morgan fingerprint density at radius 2 is 1.93 bits per heavy atom. The lowest BCUT2D eigenvalue weighted by molar-refractivity contribution is 0.117. The Kier molecular flexibility index (Phi) is 4.52. The summed E-state index contributed by atoms with van der Waals surface area (Å²) in [6.45, 7) is 4.48. The summed E-state index contributed by atoms with van der Waals surface area (Å²) in [6, 6.07) is 12.5. The van der Waals surface area contributed by atoms with Crippen molar-refractivity contribution in [3.8, 4) is 10.4 Å².